The summed E-state index contributed by atoms with van der Waals surface area (Å²) in [5.41, 5.74) is 4.57. The van der Waals surface area contributed by atoms with Crippen molar-refractivity contribution in [2.24, 2.45) is 0 Å². The third-order valence-electron chi connectivity index (χ3n) is 6.20. The van der Waals surface area contributed by atoms with Crippen molar-refractivity contribution in [3.05, 3.63) is 93.2 Å². The lowest BCUT2D eigenvalue weighted by molar-refractivity contribution is -0.121. The number of thiophene rings is 1. The van der Waals surface area contributed by atoms with Crippen LogP contribution in [0, 0.1) is 0 Å². The molecule has 2 aliphatic heterocycles. The third-order valence-corrected chi connectivity index (χ3v) is 6.90. The van der Waals surface area contributed by atoms with Gasteiger partial charge < -0.3 is 5.32 Å². The van der Waals surface area contributed by atoms with E-state index >= 15 is 0 Å². The lowest BCUT2D eigenvalue weighted by atomic mass is 9.97. The number of hydrogen-bond donors (Lipinski definition) is 1. The van der Waals surface area contributed by atoms with E-state index < -0.39 is 11.8 Å². The first kappa shape index (κ1) is 20.6. The van der Waals surface area contributed by atoms with Crippen LogP contribution < -0.4 is 5.32 Å². The average Bonchev–Trinajstić information content (AvgIpc) is 3.43. The second-order valence-electron chi connectivity index (χ2n) is 8.11. The van der Waals surface area contributed by atoms with E-state index in [0.717, 1.165) is 30.0 Å². The van der Waals surface area contributed by atoms with Crippen molar-refractivity contribution >= 4 is 29.1 Å². The van der Waals surface area contributed by atoms with Crippen molar-refractivity contribution in [3.8, 4) is 0 Å². The fraction of sp³-hybridized carbons (Fsp3) is 0.240. The van der Waals surface area contributed by atoms with Crippen molar-refractivity contribution in [1.29, 1.82) is 0 Å². The fourth-order valence-electron chi connectivity index (χ4n) is 4.50. The van der Waals surface area contributed by atoms with Gasteiger partial charge in [-0.1, -0.05) is 36.4 Å². The second-order valence-corrected chi connectivity index (χ2v) is 8.89. The minimum Gasteiger partial charge on any atom is -0.353 e. The van der Waals surface area contributed by atoms with Gasteiger partial charge in [0.25, 0.3) is 11.8 Å². The first-order chi connectivity index (χ1) is 15.6. The van der Waals surface area contributed by atoms with Crippen molar-refractivity contribution in [2.75, 3.05) is 19.6 Å². The summed E-state index contributed by atoms with van der Waals surface area (Å²) in [6.07, 6.45) is 0.972. The largest absolute Gasteiger partial charge is 0.353 e. The van der Waals surface area contributed by atoms with Gasteiger partial charge in [-0.3, -0.25) is 24.2 Å². The summed E-state index contributed by atoms with van der Waals surface area (Å²) in [6.45, 7) is 1.88. The van der Waals surface area contributed by atoms with Gasteiger partial charge in [-0.05, 0) is 52.1 Å². The van der Waals surface area contributed by atoms with Gasteiger partial charge in [0, 0.05) is 19.6 Å². The van der Waals surface area contributed by atoms with Crippen LogP contribution in [0.2, 0.25) is 0 Å². The normalized spacial score (nSPS) is 16.6. The number of nitrogens with one attached hydrogen (secondary N) is 1. The fourth-order valence-corrected chi connectivity index (χ4v) is 5.21. The molecule has 3 heterocycles. The van der Waals surface area contributed by atoms with Gasteiger partial charge in [0.2, 0.25) is 5.91 Å². The van der Waals surface area contributed by atoms with Gasteiger partial charge in [-0.25, -0.2) is 0 Å². The molecule has 162 valence electrons. The van der Waals surface area contributed by atoms with Gasteiger partial charge in [0.15, 0.2) is 0 Å². The average molecular weight is 446 g/mol. The molecule has 7 heteroatoms. The molecular weight excluding hydrogens is 422 g/mol. The van der Waals surface area contributed by atoms with E-state index in [-0.39, 0.29) is 18.5 Å². The van der Waals surface area contributed by atoms with Crippen LogP contribution in [0.1, 0.15) is 43.4 Å². The standard InChI is InChI=1S/C25H23N3O3S/c29-23(15-28-24(30)20-7-3-4-8-21(20)25(28)31)26-13-22(19-10-12-32-16-19)27-11-9-17-5-1-2-6-18(17)14-27/h1-8,10,12,16,22H,9,11,13-15H2,(H,26,29). The lowest BCUT2D eigenvalue weighted by Crippen LogP contribution is -2.44. The Balaban J connectivity index is 1.26. The Hall–Kier alpha value is -3.29. The second kappa shape index (κ2) is 8.68. The molecule has 32 heavy (non-hydrogen) atoms. The number of amides is 3. The number of carbonyl (C=O) groups excluding carboxylic acids is 3. The van der Waals surface area contributed by atoms with E-state index in [4.69, 9.17) is 0 Å². The van der Waals surface area contributed by atoms with Crippen LogP contribution in [-0.2, 0) is 17.8 Å². The van der Waals surface area contributed by atoms with Crippen LogP contribution in [0.15, 0.2) is 65.4 Å². The number of carbonyl (C=O) groups is 3. The Kier molecular flexibility index (Phi) is 5.59. The molecule has 5 rings (SSSR count). The number of benzene rings is 2. The molecule has 0 radical (unpaired) electrons. The molecule has 1 atom stereocenters. The van der Waals surface area contributed by atoms with Crippen molar-refractivity contribution in [2.45, 2.75) is 19.0 Å². The number of hydrogen-bond acceptors (Lipinski definition) is 5. The van der Waals surface area contributed by atoms with E-state index in [2.05, 4.69) is 45.9 Å². The summed E-state index contributed by atoms with van der Waals surface area (Å²) < 4.78 is 0. The zero-order chi connectivity index (χ0) is 22.1. The van der Waals surface area contributed by atoms with E-state index in [1.165, 1.54) is 11.1 Å². The van der Waals surface area contributed by atoms with Crippen LogP contribution in [-0.4, -0.2) is 47.2 Å². The Morgan fingerprint density at radius 3 is 2.34 bits per heavy atom. The molecule has 0 fully saturated rings. The van der Waals surface area contributed by atoms with Gasteiger partial charge in [-0.15, -0.1) is 0 Å². The van der Waals surface area contributed by atoms with Crippen LogP contribution in [0.3, 0.4) is 0 Å². The quantitative estimate of drug-likeness (QED) is 0.592. The number of nitrogens with zero attached hydrogens (tertiary/aromatic N) is 2. The van der Waals surface area contributed by atoms with E-state index in [1.54, 1.807) is 35.6 Å². The molecule has 0 saturated carbocycles. The molecule has 0 saturated heterocycles. The molecular formula is C25H23N3O3S. The highest BCUT2D eigenvalue weighted by atomic mass is 32.1. The van der Waals surface area contributed by atoms with Gasteiger partial charge in [-0.2, -0.15) is 11.3 Å². The van der Waals surface area contributed by atoms with E-state index in [9.17, 15) is 14.4 Å². The van der Waals surface area contributed by atoms with Crippen molar-refractivity contribution in [1.82, 2.24) is 15.1 Å². The Labute approximate surface area is 190 Å². The highest BCUT2D eigenvalue weighted by molar-refractivity contribution is 7.08. The van der Waals surface area contributed by atoms with E-state index in [0.29, 0.717) is 17.7 Å². The zero-order valence-corrected chi connectivity index (χ0v) is 18.3. The number of fused-ring (bicyclic) bond motifs is 2. The summed E-state index contributed by atoms with van der Waals surface area (Å²) in [5.74, 6) is -1.16. The van der Waals surface area contributed by atoms with Crippen molar-refractivity contribution in [3.63, 3.8) is 0 Å². The first-order valence-corrected chi connectivity index (χ1v) is 11.6. The van der Waals surface area contributed by atoms with Gasteiger partial charge >= 0.3 is 0 Å². The smallest absolute Gasteiger partial charge is 0.262 e. The summed E-state index contributed by atoms with van der Waals surface area (Å²) in [5, 5.41) is 7.12. The van der Waals surface area contributed by atoms with Crippen LogP contribution in [0.25, 0.3) is 0 Å². The van der Waals surface area contributed by atoms with Crippen LogP contribution in [0.4, 0.5) is 0 Å². The molecule has 2 aliphatic rings. The minimum atomic E-state index is -0.414. The lowest BCUT2D eigenvalue weighted by Gasteiger charge is -2.35. The molecule has 6 nitrogen and oxygen atoms in total. The first-order valence-electron chi connectivity index (χ1n) is 10.7. The Morgan fingerprint density at radius 1 is 0.969 bits per heavy atom. The number of imide groups is 1. The van der Waals surface area contributed by atoms with Crippen LogP contribution in [0.5, 0.6) is 0 Å². The minimum absolute atomic E-state index is 0.0285. The van der Waals surface area contributed by atoms with Crippen molar-refractivity contribution < 1.29 is 14.4 Å². The maximum absolute atomic E-state index is 12.7. The molecule has 3 amide bonds. The van der Waals surface area contributed by atoms with Crippen LogP contribution >= 0.6 is 11.3 Å². The molecule has 1 N–H and O–H groups in total. The summed E-state index contributed by atoms with van der Waals surface area (Å²) in [6, 6.07) is 17.3. The summed E-state index contributed by atoms with van der Waals surface area (Å²) >= 11 is 1.63. The molecule has 2 aromatic carbocycles. The van der Waals surface area contributed by atoms with Gasteiger partial charge in [0.05, 0.1) is 17.2 Å². The molecule has 3 aromatic rings. The predicted octanol–water partition coefficient (Wildman–Crippen LogP) is 3.26. The molecule has 0 spiro atoms. The zero-order valence-electron chi connectivity index (χ0n) is 17.5. The maximum atomic E-state index is 12.7. The highest BCUT2D eigenvalue weighted by Gasteiger charge is 2.36. The monoisotopic (exact) mass is 445 g/mol. The maximum Gasteiger partial charge on any atom is 0.262 e. The Morgan fingerprint density at radius 2 is 1.66 bits per heavy atom. The SMILES string of the molecule is O=C(CN1C(=O)c2ccccc2C1=O)NCC(c1ccsc1)N1CCc2ccccc2C1. The summed E-state index contributed by atoms with van der Waals surface area (Å²) in [7, 11) is 0. The predicted molar refractivity (Wildman–Crippen MR) is 122 cm³/mol. The Bertz CT molecular complexity index is 1140. The third kappa shape index (κ3) is 3.85. The topological polar surface area (TPSA) is 69.7 Å². The van der Waals surface area contributed by atoms with E-state index in [1.807, 2.05) is 5.38 Å². The summed E-state index contributed by atoms with van der Waals surface area (Å²) in [4.78, 5) is 41.2. The molecule has 0 aliphatic carbocycles. The molecule has 1 unspecified atom stereocenters. The number of rotatable bonds is 6. The highest BCUT2D eigenvalue weighted by Crippen LogP contribution is 2.29. The van der Waals surface area contributed by atoms with Gasteiger partial charge in [0.1, 0.15) is 6.54 Å². The molecule has 0 bridgehead atoms. The molecule has 1 aromatic heterocycles.